The lowest BCUT2D eigenvalue weighted by atomic mass is 9.95. The first-order valence-corrected chi connectivity index (χ1v) is 10.7. The number of carboxylic acids is 1. The topological polar surface area (TPSA) is 91.7 Å². The number of nitrogens with zero attached hydrogens (tertiary/aromatic N) is 1. The van der Waals surface area contributed by atoms with Gasteiger partial charge in [0.2, 0.25) is 5.91 Å². The van der Waals surface area contributed by atoms with Gasteiger partial charge in [0.1, 0.15) is 0 Å². The predicted molar refractivity (Wildman–Crippen MR) is 97.2 cm³/mol. The molecule has 0 bridgehead atoms. The molecule has 10 heteroatoms. The third-order valence-corrected chi connectivity index (χ3v) is 8.12. The summed E-state index contributed by atoms with van der Waals surface area (Å²) in [5.74, 6) is -7.44. The van der Waals surface area contributed by atoms with E-state index in [4.69, 9.17) is 11.6 Å². The summed E-state index contributed by atoms with van der Waals surface area (Å²) in [5, 5.41) is 8.39. The third-order valence-electron chi connectivity index (χ3n) is 5.47. The number of aryl methyl sites for hydroxylation is 1. The normalized spacial score (nSPS) is 27.1. The number of amides is 1. The molecule has 28 heavy (non-hydrogen) atoms. The highest BCUT2D eigenvalue weighted by Gasteiger charge is 2.51. The highest BCUT2D eigenvalue weighted by molar-refractivity contribution is 7.92. The summed E-state index contributed by atoms with van der Waals surface area (Å²) in [6.45, 7) is 0.810. The highest BCUT2D eigenvalue weighted by atomic mass is 35.5. The van der Waals surface area contributed by atoms with Gasteiger partial charge in [-0.25, -0.2) is 17.2 Å². The van der Waals surface area contributed by atoms with Gasteiger partial charge < -0.3 is 10.0 Å². The van der Waals surface area contributed by atoms with Gasteiger partial charge in [-0.2, -0.15) is 0 Å². The Morgan fingerprint density at radius 2 is 1.89 bits per heavy atom. The van der Waals surface area contributed by atoms with E-state index in [9.17, 15) is 31.9 Å². The van der Waals surface area contributed by atoms with Gasteiger partial charge in [0.05, 0.1) is 33.5 Å². The van der Waals surface area contributed by atoms with Crippen molar-refractivity contribution in [1.82, 2.24) is 4.90 Å². The zero-order chi connectivity index (χ0) is 20.9. The number of hydrogen-bond donors (Lipinski definition) is 1. The fraction of sp³-hybridized carbons (Fsp3) is 0.556. The monoisotopic (exact) mass is 435 g/mol. The molecule has 0 unspecified atom stereocenters. The maximum atomic E-state index is 13.4. The molecule has 1 saturated heterocycles. The maximum Gasteiger partial charge on any atom is 0.307 e. The Morgan fingerprint density at radius 1 is 1.25 bits per heavy atom. The lowest BCUT2D eigenvalue weighted by Gasteiger charge is -2.22. The van der Waals surface area contributed by atoms with E-state index in [0.29, 0.717) is 0 Å². The number of benzene rings is 1. The van der Waals surface area contributed by atoms with Crippen LogP contribution in [-0.4, -0.2) is 54.6 Å². The molecule has 0 aromatic heterocycles. The molecular weight excluding hydrogens is 416 g/mol. The number of sulfone groups is 1. The highest BCUT2D eigenvalue weighted by Crippen LogP contribution is 2.42. The third kappa shape index (κ3) is 3.87. The molecule has 3 rings (SSSR count). The van der Waals surface area contributed by atoms with Gasteiger partial charge >= 0.3 is 5.97 Å². The quantitative estimate of drug-likeness (QED) is 0.785. The molecule has 1 heterocycles. The number of aliphatic carboxylic acids is 1. The molecule has 1 aromatic carbocycles. The van der Waals surface area contributed by atoms with Crippen LogP contribution >= 0.6 is 11.6 Å². The number of hydrogen-bond acceptors (Lipinski definition) is 4. The van der Waals surface area contributed by atoms with Gasteiger partial charge in [-0.1, -0.05) is 17.7 Å². The van der Waals surface area contributed by atoms with Crippen LogP contribution in [0.25, 0.3) is 0 Å². The van der Waals surface area contributed by atoms with Crippen LogP contribution < -0.4 is 0 Å². The van der Waals surface area contributed by atoms with Crippen LogP contribution in [0.5, 0.6) is 0 Å². The Kier molecular flexibility index (Phi) is 5.44. The largest absolute Gasteiger partial charge is 0.481 e. The van der Waals surface area contributed by atoms with E-state index in [-0.39, 0.29) is 29.3 Å². The molecule has 1 aromatic rings. The van der Waals surface area contributed by atoms with Crippen molar-refractivity contribution in [2.75, 3.05) is 13.1 Å². The zero-order valence-electron chi connectivity index (χ0n) is 15.1. The number of carboxylic acid groups (broad SMARTS) is 1. The maximum absolute atomic E-state index is 13.4. The number of alkyl halides is 2. The van der Waals surface area contributed by atoms with Crippen LogP contribution in [0.1, 0.15) is 24.8 Å². The first-order chi connectivity index (χ1) is 12.9. The van der Waals surface area contributed by atoms with E-state index in [1.54, 1.807) is 13.0 Å². The number of carbonyl (C=O) groups excluding carboxylic acids is 1. The minimum atomic E-state index is -3.98. The number of carbonyl (C=O) groups is 2. The van der Waals surface area contributed by atoms with Crippen molar-refractivity contribution in [2.45, 2.75) is 42.3 Å². The van der Waals surface area contributed by atoms with Crippen LogP contribution in [0.2, 0.25) is 5.02 Å². The molecule has 1 aliphatic heterocycles. The van der Waals surface area contributed by atoms with Gasteiger partial charge in [0.25, 0.3) is 5.92 Å². The van der Waals surface area contributed by atoms with Crippen molar-refractivity contribution in [3.63, 3.8) is 0 Å². The van der Waals surface area contributed by atoms with Crippen molar-refractivity contribution in [1.29, 1.82) is 0 Å². The van der Waals surface area contributed by atoms with Gasteiger partial charge in [-0.3, -0.25) is 9.59 Å². The Hall–Kier alpha value is -1.74. The fourth-order valence-electron chi connectivity index (χ4n) is 3.97. The van der Waals surface area contributed by atoms with E-state index in [2.05, 4.69) is 0 Å². The lowest BCUT2D eigenvalue weighted by Crippen LogP contribution is -2.39. The molecule has 1 aliphatic carbocycles. The molecule has 0 radical (unpaired) electrons. The first-order valence-electron chi connectivity index (χ1n) is 8.82. The molecule has 1 saturated carbocycles. The Balaban J connectivity index is 1.87. The fourth-order valence-corrected chi connectivity index (χ4v) is 6.39. The summed E-state index contributed by atoms with van der Waals surface area (Å²) in [6, 6.07) is 4.43. The van der Waals surface area contributed by atoms with Gasteiger partial charge in [-0.05, 0) is 37.5 Å². The molecule has 2 fully saturated rings. The van der Waals surface area contributed by atoms with Crippen molar-refractivity contribution in [3.8, 4) is 0 Å². The van der Waals surface area contributed by atoms with Crippen LogP contribution in [0, 0.1) is 18.8 Å². The van der Waals surface area contributed by atoms with Crippen LogP contribution in [0.4, 0.5) is 8.78 Å². The van der Waals surface area contributed by atoms with Gasteiger partial charge in [0, 0.05) is 13.0 Å². The Bertz CT molecular complexity index is 921. The van der Waals surface area contributed by atoms with Gasteiger partial charge in [0.15, 0.2) is 9.84 Å². The number of halogens is 3. The average molecular weight is 436 g/mol. The minimum absolute atomic E-state index is 0.0286. The van der Waals surface area contributed by atoms with Crippen LogP contribution in [0.15, 0.2) is 23.1 Å². The predicted octanol–water partition coefficient (Wildman–Crippen LogP) is 2.77. The second-order valence-electron chi connectivity index (χ2n) is 7.49. The smallest absolute Gasteiger partial charge is 0.307 e. The average Bonchev–Trinajstić information content (AvgIpc) is 3.18. The second-order valence-corrected chi connectivity index (χ2v) is 10.1. The Labute approximate surface area is 166 Å². The summed E-state index contributed by atoms with van der Waals surface area (Å²) in [5.41, 5.74) is 0.766. The molecule has 6 nitrogen and oxygen atoms in total. The van der Waals surface area contributed by atoms with E-state index in [1.165, 1.54) is 12.1 Å². The minimum Gasteiger partial charge on any atom is -0.481 e. The molecule has 0 spiro atoms. The lowest BCUT2D eigenvalue weighted by molar-refractivity contribution is -0.149. The van der Waals surface area contributed by atoms with Crippen molar-refractivity contribution in [3.05, 3.63) is 28.8 Å². The van der Waals surface area contributed by atoms with E-state index in [1.807, 2.05) is 0 Å². The first kappa shape index (κ1) is 21.0. The molecule has 1 amide bonds. The van der Waals surface area contributed by atoms with Gasteiger partial charge in [-0.15, -0.1) is 0 Å². The molecule has 3 atom stereocenters. The summed E-state index contributed by atoms with van der Waals surface area (Å²) in [7, 11) is -3.98. The summed E-state index contributed by atoms with van der Waals surface area (Å²) in [4.78, 5) is 25.1. The number of likely N-dealkylation sites (tertiary alicyclic amines) is 1. The van der Waals surface area contributed by atoms with Crippen molar-refractivity contribution >= 4 is 33.3 Å². The Morgan fingerprint density at radius 3 is 2.43 bits per heavy atom. The summed E-state index contributed by atoms with van der Waals surface area (Å²) >= 11 is 6.07. The molecule has 154 valence electrons. The molecular formula is C18H20ClF2NO5S. The van der Waals surface area contributed by atoms with Crippen molar-refractivity contribution < 1.29 is 31.9 Å². The van der Waals surface area contributed by atoms with E-state index >= 15 is 0 Å². The number of rotatable bonds is 4. The van der Waals surface area contributed by atoms with Crippen LogP contribution in [0.3, 0.4) is 0 Å². The van der Waals surface area contributed by atoms with E-state index in [0.717, 1.165) is 10.5 Å². The second kappa shape index (κ2) is 7.26. The van der Waals surface area contributed by atoms with Crippen molar-refractivity contribution in [2.24, 2.45) is 11.8 Å². The SMILES string of the molecule is Cc1ccc(S(=O)(=O)[C@H]2C[C@@H](C(=O)O)[C@H](C(=O)N3CCC(F)(F)C3)C2)c(Cl)c1. The summed E-state index contributed by atoms with van der Waals surface area (Å²) < 4.78 is 52.9. The molecule has 1 N–H and O–H groups in total. The molecule has 2 aliphatic rings. The standard InChI is InChI=1S/C18H20ClF2NO5S/c1-10-2-3-15(14(19)6-10)28(26,27)11-7-12(13(8-11)17(24)25)16(23)22-5-4-18(20,21)9-22/h2-3,6,11-13H,4-5,7-9H2,1H3,(H,24,25)/t11-,12-,13-/m1/s1. The van der Waals surface area contributed by atoms with E-state index < -0.39 is 57.7 Å². The summed E-state index contributed by atoms with van der Waals surface area (Å²) in [6.07, 6.45) is -0.975. The zero-order valence-corrected chi connectivity index (χ0v) is 16.6. The van der Waals surface area contributed by atoms with Crippen LogP contribution in [-0.2, 0) is 19.4 Å².